The van der Waals surface area contributed by atoms with Crippen molar-refractivity contribution in [2.75, 3.05) is 6.61 Å². The van der Waals surface area contributed by atoms with E-state index in [0.717, 1.165) is 15.8 Å². The molecule has 0 atom stereocenters. The van der Waals surface area contributed by atoms with Gasteiger partial charge in [0, 0.05) is 0 Å². The molecule has 6 nitrogen and oxygen atoms in total. The van der Waals surface area contributed by atoms with E-state index >= 15 is 0 Å². The minimum absolute atomic E-state index is 0.0304. The molecule has 0 aliphatic heterocycles. The summed E-state index contributed by atoms with van der Waals surface area (Å²) in [6.45, 7) is 3.85. The molecule has 0 bridgehead atoms. The predicted octanol–water partition coefficient (Wildman–Crippen LogP) is 4.60. The van der Waals surface area contributed by atoms with Gasteiger partial charge in [-0.2, -0.15) is 9.78 Å². The van der Waals surface area contributed by atoms with Crippen LogP contribution in [0, 0.1) is 6.92 Å². The first-order valence-electron chi connectivity index (χ1n) is 8.84. The summed E-state index contributed by atoms with van der Waals surface area (Å²) in [6.07, 6.45) is 0. The van der Waals surface area contributed by atoms with Crippen molar-refractivity contribution in [2.45, 2.75) is 20.5 Å². The fourth-order valence-corrected chi connectivity index (χ4v) is 2.87. The van der Waals surface area contributed by atoms with Gasteiger partial charge in [0.1, 0.15) is 6.61 Å². The molecule has 150 valence electrons. The van der Waals surface area contributed by atoms with Gasteiger partial charge in [-0.25, -0.2) is 4.79 Å². The Morgan fingerprint density at radius 3 is 2.45 bits per heavy atom. The van der Waals surface area contributed by atoms with Crippen LogP contribution in [0.3, 0.4) is 0 Å². The van der Waals surface area contributed by atoms with E-state index in [2.05, 4.69) is 5.10 Å². The highest BCUT2D eigenvalue weighted by Crippen LogP contribution is 2.24. The Hall–Kier alpha value is -2.83. The number of aryl methyl sites for hydroxylation is 1. The van der Waals surface area contributed by atoms with Crippen molar-refractivity contribution in [3.63, 3.8) is 0 Å². The van der Waals surface area contributed by atoms with E-state index in [9.17, 15) is 9.59 Å². The fourth-order valence-electron chi connectivity index (χ4n) is 2.55. The van der Waals surface area contributed by atoms with Crippen molar-refractivity contribution in [3.05, 3.63) is 85.8 Å². The Labute approximate surface area is 177 Å². The maximum atomic E-state index is 12.6. The lowest BCUT2D eigenvalue weighted by molar-refractivity contribution is 0.0511. The predicted molar refractivity (Wildman–Crippen MR) is 111 cm³/mol. The second kappa shape index (κ2) is 9.11. The van der Waals surface area contributed by atoms with Crippen LogP contribution >= 0.6 is 23.2 Å². The zero-order valence-electron chi connectivity index (χ0n) is 15.8. The maximum Gasteiger partial charge on any atom is 0.362 e. The Bertz CT molecular complexity index is 1090. The smallest absolute Gasteiger partial charge is 0.362 e. The molecule has 0 spiro atoms. The molecule has 2 aromatic carbocycles. The number of esters is 1. The molecule has 0 N–H and O–H groups in total. The lowest BCUT2D eigenvalue weighted by Gasteiger charge is -2.13. The van der Waals surface area contributed by atoms with E-state index < -0.39 is 11.5 Å². The average molecular weight is 433 g/mol. The summed E-state index contributed by atoms with van der Waals surface area (Å²) >= 11 is 11.9. The number of ether oxygens (including phenoxy) is 2. The molecule has 3 aromatic rings. The van der Waals surface area contributed by atoms with E-state index in [-0.39, 0.29) is 24.7 Å². The van der Waals surface area contributed by atoms with Gasteiger partial charge >= 0.3 is 5.97 Å². The van der Waals surface area contributed by atoms with Gasteiger partial charge in [0.05, 0.1) is 28.4 Å². The number of carbonyl (C=O) groups excluding carboxylic acids is 1. The number of aromatic nitrogens is 2. The van der Waals surface area contributed by atoms with Crippen LogP contribution in [0.4, 0.5) is 0 Å². The fraction of sp³-hybridized carbons (Fsp3) is 0.190. The first-order chi connectivity index (χ1) is 13.9. The number of nitrogens with zero attached hydrogens (tertiary/aromatic N) is 2. The van der Waals surface area contributed by atoms with Crippen LogP contribution in [-0.4, -0.2) is 22.4 Å². The number of benzene rings is 2. The normalized spacial score (nSPS) is 10.6. The largest absolute Gasteiger partial charge is 0.486 e. The molecule has 3 rings (SSSR count). The molecule has 0 amide bonds. The van der Waals surface area contributed by atoms with E-state index in [1.54, 1.807) is 37.3 Å². The molecule has 1 heterocycles. The number of hydrogen-bond acceptors (Lipinski definition) is 5. The minimum Gasteiger partial charge on any atom is -0.486 e. The summed E-state index contributed by atoms with van der Waals surface area (Å²) in [6, 6.07) is 13.4. The molecule has 0 saturated carbocycles. The van der Waals surface area contributed by atoms with Crippen LogP contribution < -0.4 is 10.3 Å². The monoisotopic (exact) mass is 432 g/mol. The third-order valence-corrected chi connectivity index (χ3v) is 4.76. The molecule has 0 aliphatic rings. The lowest BCUT2D eigenvalue weighted by atomic mass is 10.2. The van der Waals surface area contributed by atoms with E-state index in [1.165, 1.54) is 6.07 Å². The van der Waals surface area contributed by atoms with Crippen molar-refractivity contribution in [2.24, 2.45) is 0 Å². The number of hydrogen-bond donors (Lipinski definition) is 0. The van der Waals surface area contributed by atoms with E-state index in [4.69, 9.17) is 32.7 Å². The van der Waals surface area contributed by atoms with Crippen LogP contribution in [0.25, 0.3) is 5.69 Å². The van der Waals surface area contributed by atoms with Gasteiger partial charge in [0.25, 0.3) is 5.56 Å². The minimum atomic E-state index is -0.683. The van der Waals surface area contributed by atoms with E-state index in [1.807, 2.05) is 19.1 Å². The van der Waals surface area contributed by atoms with Gasteiger partial charge in [-0.3, -0.25) is 4.79 Å². The van der Waals surface area contributed by atoms with Gasteiger partial charge in [-0.15, -0.1) is 0 Å². The highest BCUT2D eigenvalue weighted by molar-refractivity contribution is 6.42. The first kappa shape index (κ1) is 20.9. The highest BCUT2D eigenvalue weighted by Gasteiger charge is 2.20. The number of rotatable bonds is 6. The number of carbonyl (C=O) groups is 1. The Morgan fingerprint density at radius 1 is 1.07 bits per heavy atom. The molecule has 1 aromatic heterocycles. The molecular weight excluding hydrogens is 415 g/mol. The van der Waals surface area contributed by atoms with Crippen molar-refractivity contribution in [1.29, 1.82) is 0 Å². The van der Waals surface area contributed by atoms with Crippen molar-refractivity contribution in [1.82, 2.24) is 9.78 Å². The molecule has 0 unspecified atom stereocenters. The third-order valence-electron chi connectivity index (χ3n) is 4.02. The summed E-state index contributed by atoms with van der Waals surface area (Å²) in [5.74, 6) is -0.652. The summed E-state index contributed by atoms with van der Waals surface area (Å²) in [4.78, 5) is 25.0. The Morgan fingerprint density at radius 2 is 1.79 bits per heavy atom. The van der Waals surface area contributed by atoms with Gasteiger partial charge < -0.3 is 9.47 Å². The van der Waals surface area contributed by atoms with Crippen LogP contribution in [0.15, 0.2) is 53.3 Å². The number of halogens is 2. The molecule has 0 saturated heterocycles. The lowest BCUT2D eigenvalue weighted by Crippen LogP contribution is -2.25. The zero-order valence-corrected chi connectivity index (χ0v) is 17.3. The second-order valence-electron chi connectivity index (χ2n) is 6.20. The van der Waals surface area contributed by atoms with Crippen molar-refractivity contribution < 1.29 is 14.3 Å². The third kappa shape index (κ3) is 4.96. The zero-order chi connectivity index (χ0) is 21.0. The highest BCUT2D eigenvalue weighted by atomic mass is 35.5. The van der Waals surface area contributed by atoms with Crippen molar-refractivity contribution in [3.8, 4) is 11.4 Å². The van der Waals surface area contributed by atoms with Gasteiger partial charge in [-0.1, -0.05) is 47.0 Å². The first-order valence-corrected chi connectivity index (χ1v) is 9.60. The Balaban J connectivity index is 1.97. The van der Waals surface area contributed by atoms with Crippen molar-refractivity contribution >= 4 is 29.2 Å². The maximum absolute atomic E-state index is 12.6. The molecule has 8 heteroatoms. The summed E-state index contributed by atoms with van der Waals surface area (Å²) < 4.78 is 11.9. The molecular formula is C21H18Cl2N2O4. The SMILES string of the molecule is CCOC(=O)c1nn(-c2ccc(C)cc2)c(=O)cc1OCc1ccc(Cl)c(Cl)c1. The summed E-state index contributed by atoms with van der Waals surface area (Å²) in [5, 5.41) is 4.99. The standard InChI is InChI=1S/C21H18Cl2N2O4/c1-3-28-21(27)20-18(29-12-14-6-9-16(22)17(23)10-14)11-19(26)25(24-20)15-7-4-13(2)5-8-15/h4-11H,3,12H2,1-2H3. The van der Waals surface area contributed by atoms with Crippen LogP contribution in [0.5, 0.6) is 5.75 Å². The van der Waals surface area contributed by atoms with Crippen LogP contribution in [0.2, 0.25) is 10.0 Å². The second-order valence-corrected chi connectivity index (χ2v) is 7.01. The molecule has 0 radical (unpaired) electrons. The van der Waals surface area contributed by atoms with Gasteiger partial charge in [0.2, 0.25) is 5.69 Å². The molecule has 29 heavy (non-hydrogen) atoms. The van der Waals surface area contributed by atoms with Crippen LogP contribution in [0.1, 0.15) is 28.5 Å². The summed E-state index contributed by atoms with van der Waals surface area (Å²) in [7, 11) is 0. The Kier molecular flexibility index (Phi) is 6.56. The summed E-state index contributed by atoms with van der Waals surface area (Å²) in [5.41, 5.74) is 1.76. The molecule has 0 fully saturated rings. The van der Waals surface area contributed by atoms with Gasteiger partial charge in [-0.05, 0) is 43.7 Å². The molecule has 0 aliphatic carbocycles. The van der Waals surface area contributed by atoms with E-state index in [0.29, 0.717) is 15.7 Å². The van der Waals surface area contributed by atoms with Crippen LogP contribution in [-0.2, 0) is 11.3 Å². The average Bonchev–Trinajstić information content (AvgIpc) is 2.70. The topological polar surface area (TPSA) is 70.4 Å². The quantitative estimate of drug-likeness (QED) is 0.532. The van der Waals surface area contributed by atoms with Gasteiger partial charge in [0.15, 0.2) is 5.75 Å².